The van der Waals surface area contributed by atoms with Crippen LogP contribution in [0.1, 0.15) is 36.5 Å². The Morgan fingerprint density at radius 1 is 1.06 bits per heavy atom. The van der Waals surface area contributed by atoms with E-state index in [1.807, 2.05) is 13.8 Å². The highest BCUT2D eigenvalue weighted by molar-refractivity contribution is 7.97. The maximum atomic E-state index is 13.0. The zero-order valence-corrected chi connectivity index (χ0v) is 11.9. The highest BCUT2D eigenvalue weighted by Crippen LogP contribution is 2.43. The fourth-order valence-corrected chi connectivity index (χ4v) is 2.99. The van der Waals surface area contributed by atoms with Crippen LogP contribution in [0.2, 0.25) is 0 Å². The summed E-state index contributed by atoms with van der Waals surface area (Å²) < 4.78 is 25.9. The molecule has 0 amide bonds. The molecule has 0 saturated carbocycles. The SMILES string of the molecule is CCCCc1c(C)c(C)c(N)c(SF)c1SF. The van der Waals surface area contributed by atoms with E-state index in [4.69, 9.17) is 5.73 Å². The van der Waals surface area contributed by atoms with Crippen molar-refractivity contribution in [2.45, 2.75) is 49.8 Å². The van der Waals surface area contributed by atoms with E-state index in [1.165, 1.54) is 0 Å². The first-order valence-corrected chi connectivity index (χ1v) is 7.00. The average molecular weight is 277 g/mol. The van der Waals surface area contributed by atoms with Crippen LogP contribution in [0.4, 0.5) is 13.5 Å². The summed E-state index contributed by atoms with van der Waals surface area (Å²) in [6.07, 6.45) is 2.76. The Bertz CT molecular complexity index is 408. The van der Waals surface area contributed by atoms with Crippen molar-refractivity contribution >= 4 is 30.0 Å². The van der Waals surface area contributed by atoms with Crippen molar-refractivity contribution in [2.24, 2.45) is 0 Å². The summed E-state index contributed by atoms with van der Waals surface area (Å²) in [7, 11) is 0. The molecule has 0 unspecified atom stereocenters. The summed E-state index contributed by atoms with van der Waals surface area (Å²) >= 11 is 0.125. The van der Waals surface area contributed by atoms with Crippen LogP contribution in [0.15, 0.2) is 9.79 Å². The molecule has 0 aliphatic rings. The summed E-state index contributed by atoms with van der Waals surface area (Å²) in [5, 5.41) is 0. The minimum Gasteiger partial charge on any atom is -0.397 e. The first kappa shape index (κ1) is 14.6. The van der Waals surface area contributed by atoms with Crippen molar-refractivity contribution in [3.63, 3.8) is 0 Å². The van der Waals surface area contributed by atoms with Gasteiger partial charge in [0, 0.05) is 0 Å². The molecule has 0 radical (unpaired) electrons. The summed E-state index contributed by atoms with van der Waals surface area (Å²) in [4.78, 5) is 0.582. The number of benzene rings is 1. The summed E-state index contributed by atoms with van der Waals surface area (Å²) in [5.41, 5.74) is 8.91. The second-order valence-electron chi connectivity index (χ2n) is 4.06. The first-order chi connectivity index (χ1) is 8.08. The second kappa shape index (κ2) is 6.50. The van der Waals surface area contributed by atoms with Gasteiger partial charge in [-0.1, -0.05) is 13.3 Å². The molecule has 0 aliphatic heterocycles. The molecule has 0 spiro atoms. The molecule has 0 aliphatic carbocycles. The quantitative estimate of drug-likeness (QED) is 0.751. The Balaban J connectivity index is 3.39. The highest BCUT2D eigenvalue weighted by atomic mass is 32.2. The number of halogens is 2. The number of hydrogen-bond acceptors (Lipinski definition) is 3. The van der Waals surface area contributed by atoms with E-state index >= 15 is 0 Å². The van der Waals surface area contributed by atoms with Gasteiger partial charge in [0.05, 0.1) is 39.8 Å². The minimum atomic E-state index is 0.0313. The normalized spacial score (nSPS) is 10.9. The smallest absolute Gasteiger partial charge is 0.0847 e. The number of unbranched alkanes of at least 4 members (excludes halogenated alkanes) is 1. The Morgan fingerprint density at radius 2 is 1.65 bits per heavy atom. The lowest BCUT2D eigenvalue weighted by molar-refractivity contribution is 0.770. The molecular weight excluding hydrogens is 260 g/mol. The number of hydrogen-bond donors (Lipinski definition) is 1. The van der Waals surface area contributed by atoms with E-state index in [1.54, 1.807) is 0 Å². The molecule has 17 heavy (non-hydrogen) atoms. The Labute approximate surface area is 110 Å². The van der Waals surface area contributed by atoms with Gasteiger partial charge in [-0.15, -0.1) is 0 Å². The third-order valence-electron chi connectivity index (χ3n) is 3.08. The predicted octanol–water partition coefficient (Wildman–Crippen LogP) is 5.18. The standard InChI is InChI=1S/C12H17F2NS2/c1-4-5-6-9-7(2)8(3)10(15)12(17-14)11(9)16-13/h4-6,15H2,1-3H3. The zero-order valence-electron chi connectivity index (χ0n) is 10.3. The van der Waals surface area contributed by atoms with Crippen molar-refractivity contribution in [3.8, 4) is 0 Å². The number of rotatable bonds is 5. The van der Waals surface area contributed by atoms with Gasteiger partial charge in [-0.05, 0) is 43.4 Å². The molecule has 0 bridgehead atoms. The fraction of sp³-hybridized carbons (Fsp3) is 0.500. The molecule has 1 rings (SSSR count). The van der Waals surface area contributed by atoms with Gasteiger partial charge >= 0.3 is 0 Å². The van der Waals surface area contributed by atoms with Crippen LogP contribution < -0.4 is 5.73 Å². The van der Waals surface area contributed by atoms with E-state index < -0.39 is 0 Å². The van der Waals surface area contributed by atoms with Crippen LogP contribution in [-0.2, 0) is 6.42 Å². The van der Waals surface area contributed by atoms with Gasteiger partial charge < -0.3 is 5.73 Å². The molecule has 2 N–H and O–H groups in total. The van der Waals surface area contributed by atoms with Crippen LogP contribution in [-0.4, -0.2) is 0 Å². The van der Waals surface area contributed by atoms with Gasteiger partial charge in [-0.2, -0.15) is 7.77 Å². The molecule has 0 saturated heterocycles. The molecule has 96 valence electrons. The van der Waals surface area contributed by atoms with Gasteiger partial charge in [-0.3, -0.25) is 0 Å². The van der Waals surface area contributed by atoms with E-state index in [-0.39, 0.29) is 29.2 Å². The Kier molecular flexibility index (Phi) is 5.59. The number of anilines is 1. The second-order valence-corrected chi connectivity index (χ2v) is 5.18. The van der Waals surface area contributed by atoms with E-state index in [2.05, 4.69) is 6.92 Å². The maximum absolute atomic E-state index is 13.0. The molecule has 1 aromatic rings. The monoisotopic (exact) mass is 277 g/mol. The van der Waals surface area contributed by atoms with Gasteiger partial charge in [0.25, 0.3) is 0 Å². The average Bonchev–Trinajstić information content (AvgIpc) is 2.34. The molecule has 1 aromatic carbocycles. The minimum absolute atomic E-state index is 0.0313. The van der Waals surface area contributed by atoms with E-state index in [9.17, 15) is 7.77 Å². The largest absolute Gasteiger partial charge is 0.397 e. The lowest BCUT2D eigenvalue weighted by atomic mass is 9.97. The Hall–Kier alpha value is -0.420. The molecule has 5 heteroatoms. The van der Waals surface area contributed by atoms with Crippen molar-refractivity contribution in [1.29, 1.82) is 0 Å². The topological polar surface area (TPSA) is 26.0 Å². The summed E-state index contributed by atoms with van der Waals surface area (Å²) in [6, 6.07) is 0. The van der Waals surface area contributed by atoms with Gasteiger partial charge in [0.15, 0.2) is 0 Å². The molecule has 0 atom stereocenters. The number of nitrogens with two attached hydrogens (primary N) is 1. The van der Waals surface area contributed by atoms with Crippen molar-refractivity contribution in [1.82, 2.24) is 0 Å². The van der Waals surface area contributed by atoms with Crippen LogP contribution in [0, 0.1) is 13.8 Å². The lowest BCUT2D eigenvalue weighted by Crippen LogP contribution is -2.03. The molecule has 0 fully saturated rings. The van der Waals surface area contributed by atoms with Gasteiger partial charge in [-0.25, -0.2) is 0 Å². The zero-order chi connectivity index (χ0) is 13.0. The third kappa shape index (κ3) is 2.88. The predicted molar refractivity (Wildman–Crippen MR) is 72.9 cm³/mol. The summed E-state index contributed by atoms with van der Waals surface area (Å²) in [6.45, 7) is 5.85. The van der Waals surface area contributed by atoms with E-state index in [0.717, 1.165) is 36.0 Å². The van der Waals surface area contributed by atoms with Crippen molar-refractivity contribution < 1.29 is 7.77 Å². The number of nitrogen functional groups attached to an aromatic ring is 1. The molecule has 0 heterocycles. The van der Waals surface area contributed by atoms with Crippen LogP contribution >= 0.6 is 24.3 Å². The lowest BCUT2D eigenvalue weighted by Gasteiger charge is -2.17. The summed E-state index contributed by atoms with van der Waals surface area (Å²) in [5.74, 6) is 0. The van der Waals surface area contributed by atoms with Crippen molar-refractivity contribution in [3.05, 3.63) is 16.7 Å². The van der Waals surface area contributed by atoms with Gasteiger partial charge in [0.2, 0.25) is 0 Å². The first-order valence-electron chi connectivity index (χ1n) is 5.57. The fourth-order valence-electron chi connectivity index (χ4n) is 1.84. The van der Waals surface area contributed by atoms with Crippen LogP contribution in [0.5, 0.6) is 0 Å². The van der Waals surface area contributed by atoms with Crippen LogP contribution in [0.25, 0.3) is 0 Å². The van der Waals surface area contributed by atoms with Crippen molar-refractivity contribution in [2.75, 3.05) is 5.73 Å². The highest BCUT2D eigenvalue weighted by Gasteiger charge is 2.19. The van der Waals surface area contributed by atoms with Crippen LogP contribution in [0.3, 0.4) is 0 Å². The molecule has 0 aromatic heterocycles. The molecular formula is C12H17F2NS2. The Morgan fingerprint density at radius 3 is 2.12 bits per heavy atom. The third-order valence-corrected chi connectivity index (χ3v) is 4.39. The molecule has 1 nitrogen and oxygen atoms in total. The van der Waals surface area contributed by atoms with Gasteiger partial charge in [0.1, 0.15) is 0 Å². The van der Waals surface area contributed by atoms with E-state index in [0.29, 0.717) is 10.6 Å². The maximum Gasteiger partial charge on any atom is 0.0847 e.